The first-order chi connectivity index (χ1) is 18.4. The van der Waals surface area contributed by atoms with Crippen LogP contribution in [0, 0.1) is 28.1 Å². The van der Waals surface area contributed by atoms with E-state index in [1.54, 1.807) is 12.1 Å². The highest BCUT2D eigenvalue weighted by Crippen LogP contribution is 2.28. The SMILES string of the molecule is CC(C)(CN)CN(C(=N)N1CCC(Cc2ccccc2)CC1)c1ccc(OCc2ccc(C#N)cc2)cc1. The van der Waals surface area contributed by atoms with E-state index in [0.717, 1.165) is 49.4 Å². The van der Waals surface area contributed by atoms with E-state index in [9.17, 15) is 0 Å². The molecule has 0 amide bonds. The molecular formula is C32H39N5O. The van der Waals surface area contributed by atoms with Gasteiger partial charge in [0, 0.05) is 25.3 Å². The van der Waals surface area contributed by atoms with Gasteiger partial charge in [0.25, 0.3) is 0 Å². The molecule has 1 aliphatic heterocycles. The summed E-state index contributed by atoms with van der Waals surface area (Å²) in [4.78, 5) is 4.30. The zero-order valence-corrected chi connectivity index (χ0v) is 22.6. The van der Waals surface area contributed by atoms with Crippen molar-refractivity contribution in [1.29, 1.82) is 10.7 Å². The third-order valence-electron chi connectivity index (χ3n) is 7.31. The van der Waals surface area contributed by atoms with Crippen molar-refractivity contribution in [3.63, 3.8) is 0 Å². The Morgan fingerprint density at radius 2 is 1.66 bits per heavy atom. The summed E-state index contributed by atoms with van der Waals surface area (Å²) < 4.78 is 5.97. The predicted octanol–water partition coefficient (Wildman–Crippen LogP) is 5.82. The Hall–Kier alpha value is -3.82. The minimum absolute atomic E-state index is 0.136. The monoisotopic (exact) mass is 509 g/mol. The van der Waals surface area contributed by atoms with Gasteiger partial charge < -0.3 is 20.3 Å². The lowest BCUT2D eigenvalue weighted by Gasteiger charge is -2.40. The Morgan fingerprint density at radius 1 is 1.00 bits per heavy atom. The van der Waals surface area contributed by atoms with Crippen LogP contribution in [0.4, 0.5) is 5.69 Å². The zero-order valence-electron chi connectivity index (χ0n) is 22.6. The molecule has 198 valence electrons. The molecule has 6 nitrogen and oxygen atoms in total. The van der Waals surface area contributed by atoms with Crippen molar-refractivity contribution in [2.75, 3.05) is 31.1 Å². The summed E-state index contributed by atoms with van der Waals surface area (Å²) in [5.41, 5.74) is 9.97. The second-order valence-corrected chi connectivity index (χ2v) is 11.0. The van der Waals surface area contributed by atoms with Crippen molar-refractivity contribution in [2.45, 2.75) is 39.7 Å². The number of piperidine rings is 1. The fourth-order valence-electron chi connectivity index (χ4n) is 4.81. The molecule has 0 atom stereocenters. The fourth-order valence-corrected chi connectivity index (χ4v) is 4.81. The van der Waals surface area contributed by atoms with Crippen molar-refractivity contribution < 1.29 is 4.74 Å². The number of rotatable bonds is 9. The molecule has 1 aliphatic rings. The van der Waals surface area contributed by atoms with Crippen LogP contribution in [0.15, 0.2) is 78.9 Å². The Balaban J connectivity index is 1.40. The molecular weight excluding hydrogens is 470 g/mol. The third-order valence-corrected chi connectivity index (χ3v) is 7.31. The van der Waals surface area contributed by atoms with Crippen LogP contribution >= 0.6 is 0 Å². The van der Waals surface area contributed by atoms with Gasteiger partial charge in [-0.1, -0.05) is 56.3 Å². The average Bonchev–Trinajstić information content (AvgIpc) is 2.96. The highest BCUT2D eigenvalue weighted by Gasteiger charge is 2.28. The molecule has 0 unspecified atom stereocenters. The molecule has 0 aromatic heterocycles. The Morgan fingerprint density at radius 3 is 2.26 bits per heavy atom. The first-order valence-electron chi connectivity index (χ1n) is 13.4. The summed E-state index contributed by atoms with van der Waals surface area (Å²) in [6.45, 7) is 7.72. The standard InChI is InChI=1S/C32H39N5O/c1-32(2,23-34)24-37(31(35)36-18-16-26(17-19-36)20-25-6-4-3-5-7-25)29-12-14-30(15-13-29)38-22-28-10-8-27(21-33)9-11-28/h3-15,26,35H,16-20,22-24,34H2,1-2H3. The van der Waals surface area contributed by atoms with Crippen molar-refractivity contribution in [1.82, 2.24) is 4.90 Å². The van der Waals surface area contributed by atoms with Gasteiger partial charge in [0.05, 0.1) is 11.6 Å². The molecule has 3 N–H and O–H groups in total. The average molecular weight is 510 g/mol. The maximum absolute atomic E-state index is 9.16. The van der Waals surface area contributed by atoms with E-state index in [0.29, 0.717) is 37.1 Å². The number of likely N-dealkylation sites (tertiary alicyclic amines) is 1. The number of nitrogens with one attached hydrogen (secondary N) is 1. The predicted molar refractivity (Wildman–Crippen MR) is 154 cm³/mol. The highest BCUT2D eigenvalue weighted by atomic mass is 16.5. The van der Waals surface area contributed by atoms with Crippen molar-refractivity contribution in [2.24, 2.45) is 17.1 Å². The molecule has 0 saturated carbocycles. The number of ether oxygens (including phenoxy) is 1. The van der Waals surface area contributed by atoms with Crippen LogP contribution in [-0.2, 0) is 13.0 Å². The molecule has 6 heteroatoms. The molecule has 3 aromatic carbocycles. The van der Waals surface area contributed by atoms with Gasteiger partial charge in [-0.3, -0.25) is 5.41 Å². The first kappa shape index (κ1) is 27.2. The normalized spacial score (nSPS) is 14.1. The summed E-state index contributed by atoms with van der Waals surface area (Å²) in [5, 5.41) is 18.1. The number of hydrogen-bond acceptors (Lipinski definition) is 4. The van der Waals surface area contributed by atoms with Gasteiger partial charge in [0.15, 0.2) is 5.96 Å². The lowest BCUT2D eigenvalue weighted by Crippen LogP contribution is -2.51. The van der Waals surface area contributed by atoms with Crippen LogP contribution in [0.1, 0.15) is 43.4 Å². The summed E-state index contributed by atoms with van der Waals surface area (Å²) in [6, 6.07) is 28.2. The quantitative estimate of drug-likeness (QED) is 0.280. The number of nitriles is 1. The smallest absolute Gasteiger partial charge is 0.198 e. The lowest BCUT2D eigenvalue weighted by molar-refractivity contribution is 0.258. The van der Waals surface area contributed by atoms with Crippen molar-refractivity contribution in [3.8, 4) is 11.8 Å². The van der Waals surface area contributed by atoms with E-state index in [1.165, 1.54) is 5.56 Å². The first-order valence-corrected chi connectivity index (χ1v) is 13.4. The second-order valence-electron chi connectivity index (χ2n) is 11.0. The topological polar surface area (TPSA) is 89.4 Å². The van der Waals surface area contributed by atoms with Crippen LogP contribution in [-0.4, -0.2) is 37.0 Å². The number of benzene rings is 3. The summed E-state index contributed by atoms with van der Waals surface area (Å²) in [7, 11) is 0. The molecule has 1 fully saturated rings. The number of nitrogens with two attached hydrogens (primary N) is 1. The molecule has 0 bridgehead atoms. The minimum Gasteiger partial charge on any atom is -0.489 e. The van der Waals surface area contributed by atoms with Crippen LogP contribution in [0.25, 0.3) is 0 Å². The van der Waals surface area contributed by atoms with E-state index < -0.39 is 0 Å². The molecule has 1 heterocycles. The van der Waals surface area contributed by atoms with E-state index in [4.69, 9.17) is 21.1 Å². The van der Waals surface area contributed by atoms with E-state index in [2.05, 4.69) is 60.0 Å². The minimum atomic E-state index is -0.136. The van der Waals surface area contributed by atoms with Gasteiger partial charge in [0.1, 0.15) is 12.4 Å². The molecule has 38 heavy (non-hydrogen) atoms. The van der Waals surface area contributed by atoms with Gasteiger partial charge in [-0.2, -0.15) is 5.26 Å². The Kier molecular flexibility index (Phi) is 9.04. The summed E-state index contributed by atoms with van der Waals surface area (Å²) >= 11 is 0. The van der Waals surface area contributed by atoms with Gasteiger partial charge in [-0.05, 0) is 84.7 Å². The van der Waals surface area contributed by atoms with Crippen LogP contribution in [0.2, 0.25) is 0 Å². The van der Waals surface area contributed by atoms with Gasteiger partial charge in [-0.25, -0.2) is 0 Å². The second kappa shape index (κ2) is 12.6. The summed E-state index contributed by atoms with van der Waals surface area (Å²) in [5.74, 6) is 1.96. The number of guanidine groups is 1. The number of hydrogen-bond donors (Lipinski definition) is 2. The van der Waals surface area contributed by atoms with Gasteiger partial charge in [-0.15, -0.1) is 0 Å². The maximum Gasteiger partial charge on any atom is 0.198 e. The van der Waals surface area contributed by atoms with E-state index >= 15 is 0 Å². The van der Waals surface area contributed by atoms with Crippen LogP contribution < -0.4 is 15.4 Å². The van der Waals surface area contributed by atoms with E-state index in [-0.39, 0.29) is 5.41 Å². The molecule has 0 radical (unpaired) electrons. The zero-order chi connectivity index (χ0) is 27.0. The fraction of sp³-hybridized carbons (Fsp3) is 0.375. The van der Waals surface area contributed by atoms with Crippen LogP contribution in [0.5, 0.6) is 5.75 Å². The van der Waals surface area contributed by atoms with E-state index in [1.807, 2.05) is 36.4 Å². The third kappa shape index (κ3) is 7.36. The Bertz CT molecular complexity index is 1210. The van der Waals surface area contributed by atoms with Crippen LogP contribution in [0.3, 0.4) is 0 Å². The molecule has 1 saturated heterocycles. The number of anilines is 1. The Labute approximate surface area is 227 Å². The molecule has 0 aliphatic carbocycles. The number of nitrogens with zero attached hydrogens (tertiary/aromatic N) is 3. The van der Waals surface area contributed by atoms with Gasteiger partial charge in [0.2, 0.25) is 0 Å². The van der Waals surface area contributed by atoms with Crippen molar-refractivity contribution in [3.05, 3.63) is 95.6 Å². The van der Waals surface area contributed by atoms with Crippen molar-refractivity contribution >= 4 is 11.6 Å². The molecule has 3 aromatic rings. The maximum atomic E-state index is 9.16. The summed E-state index contributed by atoms with van der Waals surface area (Å²) in [6.07, 6.45) is 3.29. The molecule has 0 spiro atoms. The lowest BCUT2D eigenvalue weighted by atomic mass is 9.90. The highest BCUT2D eigenvalue weighted by molar-refractivity contribution is 5.94. The largest absolute Gasteiger partial charge is 0.489 e. The molecule has 4 rings (SSSR count). The van der Waals surface area contributed by atoms with Gasteiger partial charge >= 0.3 is 0 Å².